The van der Waals surface area contributed by atoms with Gasteiger partial charge >= 0.3 is 0 Å². The first-order valence-corrected chi connectivity index (χ1v) is 12.0. The second kappa shape index (κ2) is 8.33. The third kappa shape index (κ3) is 3.64. The molecule has 0 aliphatic heterocycles. The zero-order valence-corrected chi connectivity index (χ0v) is 19.7. The van der Waals surface area contributed by atoms with Crippen LogP contribution in [0.5, 0.6) is 5.75 Å². The zero-order valence-electron chi connectivity index (χ0n) is 18.1. The molecule has 3 N–H and O–H groups in total. The summed E-state index contributed by atoms with van der Waals surface area (Å²) in [5.41, 5.74) is -3.96. The van der Waals surface area contributed by atoms with Crippen LogP contribution in [0.2, 0.25) is 5.02 Å². The Morgan fingerprint density at radius 2 is 1.62 bits per heavy atom. The molecular formula is C22H20ClF2N3O5S. The molecule has 180 valence electrons. The predicted molar refractivity (Wildman–Crippen MR) is 124 cm³/mol. The minimum atomic E-state index is -4.15. The Labute approximate surface area is 198 Å². The highest BCUT2D eigenvalue weighted by molar-refractivity contribution is 7.89. The summed E-state index contributed by atoms with van der Waals surface area (Å²) in [5, 5.41) is 15.8. The molecule has 8 nitrogen and oxygen atoms in total. The van der Waals surface area contributed by atoms with Crippen LogP contribution in [0.15, 0.2) is 44.8 Å². The first-order valence-electron chi connectivity index (χ1n) is 10.2. The van der Waals surface area contributed by atoms with Gasteiger partial charge in [-0.1, -0.05) is 17.7 Å². The van der Waals surface area contributed by atoms with Crippen molar-refractivity contribution in [3.8, 4) is 5.75 Å². The fourth-order valence-corrected chi connectivity index (χ4v) is 5.48. The molecule has 34 heavy (non-hydrogen) atoms. The van der Waals surface area contributed by atoms with E-state index in [9.17, 15) is 31.9 Å². The number of hydrogen-bond acceptors (Lipinski definition) is 7. The number of halogens is 3. The number of anilines is 3. The fourth-order valence-electron chi connectivity index (χ4n) is 4.00. The Hall–Kier alpha value is -3.02. The molecule has 12 heteroatoms. The fraction of sp³-hybridized carbons (Fsp3) is 0.273. The van der Waals surface area contributed by atoms with Crippen molar-refractivity contribution in [3.05, 3.63) is 73.0 Å². The van der Waals surface area contributed by atoms with Crippen LogP contribution in [0.25, 0.3) is 0 Å². The molecule has 0 unspecified atom stereocenters. The highest BCUT2D eigenvalue weighted by Gasteiger charge is 2.44. The Morgan fingerprint density at radius 3 is 2.15 bits per heavy atom. The molecule has 0 atom stereocenters. The van der Waals surface area contributed by atoms with Crippen LogP contribution in [-0.2, 0) is 15.6 Å². The van der Waals surface area contributed by atoms with Gasteiger partial charge < -0.3 is 15.7 Å². The van der Waals surface area contributed by atoms with Crippen molar-refractivity contribution >= 4 is 38.7 Å². The number of rotatable bonds is 7. The maximum atomic E-state index is 14.5. The van der Waals surface area contributed by atoms with Crippen LogP contribution < -0.4 is 21.5 Å². The largest absolute Gasteiger partial charge is 0.504 e. The molecule has 0 amide bonds. The van der Waals surface area contributed by atoms with Crippen molar-refractivity contribution in [2.24, 2.45) is 0 Å². The maximum absolute atomic E-state index is 14.5. The van der Waals surface area contributed by atoms with E-state index in [1.54, 1.807) is 0 Å². The lowest BCUT2D eigenvalue weighted by Gasteiger charge is -2.44. The van der Waals surface area contributed by atoms with Gasteiger partial charge in [-0.3, -0.25) is 9.59 Å². The van der Waals surface area contributed by atoms with E-state index in [1.807, 2.05) is 0 Å². The van der Waals surface area contributed by atoms with Crippen LogP contribution in [0.1, 0.15) is 24.8 Å². The van der Waals surface area contributed by atoms with Gasteiger partial charge in [0, 0.05) is 19.7 Å². The van der Waals surface area contributed by atoms with Crippen LogP contribution >= 0.6 is 11.6 Å². The number of hydrogen-bond donors (Lipinski definition) is 3. The molecule has 0 saturated heterocycles. The average molecular weight is 512 g/mol. The molecule has 0 heterocycles. The van der Waals surface area contributed by atoms with Gasteiger partial charge in [0.2, 0.25) is 10.0 Å². The number of nitrogens with one attached hydrogen (secondary N) is 2. The van der Waals surface area contributed by atoms with Gasteiger partial charge in [0.15, 0.2) is 5.75 Å². The summed E-state index contributed by atoms with van der Waals surface area (Å²) in [6, 6.07) is 5.90. The second-order valence-electron chi connectivity index (χ2n) is 8.25. The average Bonchev–Trinajstić information content (AvgIpc) is 2.74. The van der Waals surface area contributed by atoms with E-state index in [2.05, 4.69) is 10.6 Å². The molecule has 0 radical (unpaired) electrons. The summed E-state index contributed by atoms with van der Waals surface area (Å²) < 4.78 is 55.0. The first-order chi connectivity index (χ1) is 15.9. The Kier molecular flexibility index (Phi) is 5.91. The van der Waals surface area contributed by atoms with Crippen molar-refractivity contribution in [2.75, 3.05) is 24.7 Å². The Balaban J connectivity index is 1.74. The monoisotopic (exact) mass is 511 g/mol. The van der Waals surface area contributed by atoms with E-state index in [0.29, 0.717) is 19.3 Å². The minimum absolute atomic E-state index is 0.195. The summed E-state index contributed by atoms with van der Waals surface area (Å²) in [7, 11) is -1.64. The number of sulfonamides is 1. The first kappa shape index (κ1) is 24.1. The van der Waals surface area contributed by atoms with Crippen molar-refractivity contribution < 1.29 is 22.3 Å². The Morgan fingerprint density at radius 1 is 1.03 bits per heavy atom. The highest BCUT2D eigenvalue weighted by atomic mass is 35.5. The SMILES string of the molecule is CN(C)S(=O)(=O)c1c(Cl)ccc(Nc2c(NC3(c4c(F)cccc4F)CCC3)c(=O)c2=O)c1O. The number of phenolic OH excluding ortho intramolecular Hbond substituents is 1. The minimum Gasteiger partial charge on any atom is -0.504 e. The quantitative estimate of drug-likeness (QED) is 0.329. The highest BCUT2D eigenvalue weighted by Crippen LogP contribution is 2.47. The zero-order chi connectivity index (χ0) is 25.0. The van der Waals surface area contributed by atoms with E-state index in [4.69, 9.17) is 11.6 Å². The van der Waals surface area contributed by atoms with Crippen LogP contribution in [0.3, 0.4) is 0 Å². The topological polar surface area (TPSA) is 116 Å². The van der Waals surface area contributed by atoms with E-state index in [0.717, 1.165) is 16.4 Å². The summed E-state index contributed by atoms with van der Waals surface area (Å²) >= 11 is 6.00. The third-order valence-corrected chi connectivity index (χ3v) is 8.32. The normalized spacial score (nSPS) is 15.4. The standard InChI is InChI=1S/C22H20ClF2N3O5S/c1-28(2)34(32,33)21-11(23)7-8-14(18(21)29)26-16-17(20(31)19(16)30)27-22(9-4-10-22)15-12(24)5-3-6-13(15)25/h3,5-8,26-27,29H,4,9-10H2,1-2H3. The van der Waals surface area contributed by atoms with Crippen molar-refractivity contribution in [3.63, 3.8) is 0 Å². The molecule has 0 spiro atoms. The van der Waals surface area contributed by atoms with Gasteiger partial charge in [0.05, 0.1) is 16.2 Å². The van der Waals surface area contributed by atoms with Crippen LogP contribution in [-0.4, -0.2) is 31.9 Å². The number of aromatic hydroxyl groups is 1. The number of phenols is 1. The molecule has 1 aliphatic carbocycles. The number of nitrogens with zero attached hydrogens (tertiary/aromatic N) is 1. The van der Waals surface area contributed by atoms with E-state index in [1.165, 1.54) is 32.3 Å². The molecular weight excluding hydrogens is 492 g/mol. The molecule has 3 aromatic carbocycles. The summed E-state index contributed by atoms with van der Waals surface area (Å²) in [6.45, 7) is 0. The lowest BCUT2D eigenvalue weighted by molar-refractivity contribution is 0.264. The predicted octanol–water partition coefficient (Wildman–Crippen LogP) is 3.41. The van der Waals surface area contributed by atoms with Gasteiger partial charge in [-0.05, 0) is 43.5 Å². The molecule has 1 fully saturated rings. The Bertz CT molecular complexity index is 1460. The van der Waals surface area contributed by atoms with Crippen molar-refractivity contribution in [1.82, 2.24) is 4.31 Å². The molecule has 0 aromatic heterocycles. The van der Waals surface area contributed by atoms with Crippen molar-refractivity contribution in [1.29, 1.82) is 0 Å². The molecule has 1 aliphatic rings. The third-order valence-electron chi connectivity index (χ3n) is 6.00. The van der Waals surface area contributed by atoms with Gasteiger partial charge in [-0.15, -0.1) is 0 Å². The molecule has 3 aromatic rings. The maximum Gasteiger partial charge on any atom is 0.253 e. The number of benzene rings is 2. The van der Waals surface area contributed by atoms with Gasteiger partial charge in [-0.25, -0.2) is 21.5 Å². The van der Waals surface area contributed by atoms with Gasteiger partial charge in [0.1, 0.15) is 27.9 Å². The van der Waals surface area contributed by atoms with Gasteiger partial charge in [0.25, 0.3) is 10.9 Å². The lowest BCUT2D eigenvalue weighted by atomic mass is 9.71. The molecule has 4 rings (SSSR count). The van der Waals surface area contributed by atoms with Gasteiger partial charge in [-0.2, -0.15) is 0 Å². The smallest absolute Gasteiger partial charge is 0.253 e. The van der Waals surface area contributed by atoms with Crippen LogP contribution in [0.4, 0.5) is 25.8 Å². The van der Waals surface area contributed by atoms with Crippen LogP contribution in [0, 0.1) is 11.6 Å². The summed E-state index contributed by atoms with van der Waals surface area (Å²) in [5.74, 6) is -2.32. The van der Waals surface area contributed by atoms with E-state index >= 15 is 0 Å². The molecule has 0 bridgehead atoms. The lowest BCUT2D eigenvalue weighted by Crippen LogP contribution is -2.48. The van der Waals surface area contributed by atoms with E-state index in [-0.39, 0.29) is 27.6 Å². The van der Waals surface area contributed by atoms with E-state index < -0.39 is 48.7 Å². The second-order valence-corrected chi connectivity index (χ2v) is 10.7. The van der Waals surface area contributed by atoms with Crippen molar-refractivity contribution in [2.45, 2.75) is 29.7 Å². The molecule has 1 saturated carbocycles. The summed E-state index contributed by atoms with van der Waals surface area (Å²) in [6.07, 6.45) is 1.28. The summed E-state index contributed by atoms with van der Waals surface area (Å²) in [4.78, 5) is 24.1.